The minimum absolute atomic E-state index is 0.263. The van der Waals surface area contributed by atoms with Crippen LogP contribution in [0.4, 0.5) is 15.9 Å². The molecular formula is C29H27FN6O3. The molecule has 9 nitrogen and oxygen atoms in total. The van der Waals surface area contributed by atoms with Gasteiger partial charge in [-0.25, -0.2) is 14.4 Å². The van der Waals surface area contributed by atoms with Gasteiger partial charge in [0.05, 0.1) is 47.2 Å². The number of hydrogen-bond acceptors (Lipinski definition) is 7. The normalized spacial score (nSPS) is 18.8. The van der Waals surface area contributed by atoms with Gasteiger partial charge in [-0.2, -0.15) is 0 Å². The van der Waals surface area contributed by atoms with E-state index in [-0.39, 0.29) is 11.1 Å². The molecule has 5 aromatic rings. The third kappa shape index (κ3) is 3.95. The van der Waals surface area contributed by atoms with Gasteiger partial charge in [-0.1, -0.05) is 12.1 Å². The first-order valence-corrected chi connectivity index (χ1v) is 12.9. The third-order valence-corrected chi connectivity index (χ3v) is 7.45. The number of anilines is 2. The summed E-state index contributed by atoms with van der Waals surface area (Å²) in [5.41, 5.74) is 6.63. The van der Waals surface area contributed by atoms with Crippen LogP contribution in [-0.4, -0.2) is 52.5 Å². The Hall–Kier alpha value is -4.28. The predicted molar refractivity (Wildman–Crippen MR) is 145 cm³/mol. The van der Waals surface area contributed by atoms with E-state index in [0.717, 1.165) is 24.2 Å². The van der Waals surface area contributed by atoms with Crippen LogP contribution in [0.3, 0.4) is 0 Å². The van der Waals surface area contributed by atoms with Gasteiger partial charge in [0.2, 0.25) is 0 Å². The number of ether oxygens (including phenoxy) is 1. The summed E-state index contributed by atoms with van der Waals surface area (Å²) in [5, 5.41) is 5.74. The Morgan fingerprint density at radius 3 is 2.90 bits per heavy atom. The highest BCUT2D eigenvalue weighted by atomic mass is 19.1. The molecule has 4 aromatic heterocycles. The maximum atomic E-state index is 15.4. The van der Waals surface area contributed by atoms with Gasteiger partial charge in [0.1, 0.15) is 11.5 Å². The Morgan fingerprint density at radius 1 is 1.18 bits per heavy atom. The SMILES string of the molecule is CN(C)Cc1nc(Nc2ccc(-c3cnc4ccc5occc5n34)c3c2C(=O)N[C@H]3F)ccc1[C@@H]1CCOC1. The van der Waals surface area contributed by atoms with Gasteiger partial charge in [0.15, 0.2) is 11.9 Å². The number of benzene rings is 1. The summed E-state index contributed by atoms with van der Waals surface area (Å²) in [6.07, 6.45) is 2.62. The fourth-order valence-electron chi connectivity index (χ4n) is 5.71. The second-order valence-corrected chi connectivity index (χ2v) is 10.3. The van der Waals surface area contributed by atoms with Gasteiger partial charge in [0.25, 0.3) is 5.91 Å². The zero-order valence-corrected chi connectivity index (χ0v) is 21.6. The van der Waals surface area contributed by atoms with E-state index in [1.54, 1.807) is 18.5 Å². The van der Waals surface area contributed by atoms with Gasteiger partial charge >= 0.3 is 0 Å². The van der Waals surface area contributed by atoms with E-state index >= 15 is 4.39 Å². The molecule has 0 radical (unpaired) electrons. The number of carbonyl (C=O) groups excluding carboxylic acids is 1. The molecule has 0 aliphatic carbocycles. The van der Waals surface area contributed by atoms with Crippen LogP contribution in [0.25, 0.3) is 28.0 Å². The molecular weight excluding hydrogens is 499 g/mol. The van der Waals surface area contributed by atoms with E-state index in [0.29, 0.717) is 53.1 Å². The molecule has 39 heavy (non-hydrogen) atoms. The molecule has 2 aliphatic rings. The number of imidazole rings is 1. The lowest BCUT2D eigenvalue weighted by Gasteiger charge is -2.19. The Morgan fingerprint density at radius 2 is 2.08 bits per heavy atom. The Bertz CT molecular complexity index is 1740. The summed E-state index contributed by atoms with van der Waals surface area (Å²) >= 11 is 0. The van der Waals surface area contributed by atoms with Crippen LogP contribution < -0.4 is 10.6 Å². The average molecular weight is 527 g/mol. The molecule has 1 fully saturated rings. The number of nitrogens with one attached hydrogen (secondary N) is 2. The van der Waals surface area contributed by atoms with E-state index < -0.39 is 12.2 Å². The summed E-state index contributed by atoms with van der Waals surface area (Å²) in [5.74, 6) is 0.433. The van der Waals surface area contributed by atoms with Crippen LogP contribution in [0.15, 0.2) is 59.3 Å². The van der Waals surface area contributed by atoms with Crippen molar-refractivity contribution in [3.8, 4) is 11.3 Å². The second kappa shape index (κ2) is 9.18. The van der Waals surface area contributed by atoms with Crippen LogP contribution in [-0.2, 0) is 11.3 Å². The van der Waals surface area contributed by atoms with Gasteiger partial charge in [-0.3, -0.25) is 9.20 Å². The van der Waals surface area contributed by atoms with Crippen molar-refractivity contribution in [1.82, 2.24) is 24.6 Å². The number of rotatable bonds is 6. The molecule has 0 spiro atoms. The van der Waals surface area contributed by atoms with E-state index in [1.165, 1.54) is 5.56 Å². The number of amides is 1. The lowest BCUT2D eigenvalue weighted by Crippen LogP contribution is -2.17. The number of hydrogen-bond donors (Lipinski definition) is 2. The quantitative estimate of drug-likeness (QED) is 0.295. The van der Waals surface area contributed by atoms with E-state index in [1.807, 2.05) is 48.8 Å². The number of pyridine rings is 2. The number of nitrogens with zero attached hydrogens (tertiary/aromatic N) is 4. The topological polar surface area (TPSA) is 96.9 Å². The lowest BCUT2D eigenvalue weighted by molar-refractivity contribution is 0.0929. The molecule has 7 rings (SSSR count). The third-order valence-electron chi connectivity index (χ3n) is 7.45. The highest BCUT2D eigenvalue weighted by Crippen LogP contribution is 2.41. The monoisotopic (exact) mass is 526 g/mol. The van der Waals surface area contributed by atoms with Crippen molar-refractivity contribution in [2.75, 3.05) is 32.6 Å². The van der Waals surface area contributed by atoms with Gasteiger partial charge in [0, 0.05) is 36.3 Å². The Balaban J connectivity index is 1.32. The van der Waals surface area contributed by atoms with Gasteiger partial charge in [-0.05, 0) is 50.3 Å². The number of fused-ring (bicyclic) bond motifs is 4. The summed E-state index contributed by atoms with van der Waals surface area (Å²) in [7, 11) is 4.01. The summed E-state index contributed by atoms with van der Waals surface area (Å²) in [6, 6.07) is 13.2. The van der Waals surface area contributed by atoms with Crippen molar-refractivity contribution < 1.29 is 18.3 Å². The molecule has 10 heteroatoms. The molecule has 2 N–H and O–H groups in total. The minimum Gasteiger partial charge on any atom is -0.463 e. The molecule has 1 aromatic carbocycles. The smallest absolute Gasteiger partial charge is 0.256 e. The molecule has 6 heterocycles. The molecule has 2 atom stereocenters. The Kier molecular flexibility index (Phi) is 5.60. The van der Waals surface area contributed by atoms with Crippen molar-refractivity contribution in [1.29, 1.82) is 0 Å². The fourth-order valence-corrected chi connectivity index (χ4v) is 5.71. The molecule has 0 bridgehead atoms. The maximum Gasteiger partial charge on any atom is 0.256 e. The first kappa shape index (κ1) is 23.8. The van der Waals surface area contributed by atoms with Crippen molar-refractivity contribution in [3.63, 3.8) is 0 Å². The molecule has 198 valence electrons. The van der Waals surface area contributed by atoms with E-state index in [4.69, 9.17) is 14.1 Å². The highest BCUT2D eigenvalue weighted by Gasteiger charge is 2.35. The first-order valence-electron chi connectivity index (χ1n) is 12.9. The largest absolute Gasteiger partial charge is 0.463 e. The minimum atomic E-state index is -1.65. The number of furan rings is 1. The number of alkyl halides is 1. The molecule has 2 aliphatic heterocycles. The van der Waals surface area contributed by atoms with Crippen LogP contribution in [0.2, 0.25) is 0 Å². The molecule has 0 unspecified atom stereocenters. The van der Waals surface area contributed by atoms with Gasteiger partial charge in [-0.15, -0.1) is 0 Å². The highest BCUT2D eigenvalue weighted by molar-refractivity contribution is 6.06. The predicted octanol–water partition coefficient (Wildman–Crippen LogP) is 5.16. The van der Waals surface area contributed by atoms with E-state index in [9.17, 15) is 4.79 Å². The second-order valence-electron chi connectivity index (χ2n) is 10.3. The number of halogens is 1. The van der Waals surface area contributed by atoms with Crippen LogP contribution >= 0.6 is 0 Å². The van der Waals surface area contributed by atoms with Crippen molar-refractivity contribution in [2.45, 2.75) is 25.2 Å². The van der Waals surface area contributed by atoms with Crippen molar-refractivity contribution in [2.24, 2.45) is 0 Å². The van der Waals surface area contributed by atoms with Gasteiger partial charge < -0.3 is 24.7 Å². The van der Waals surface area contributed by atoms with E-state index in [2.05, 4.69) is 26.6 Å². The van der Waals surface area contributed by atoms with Crippen molar-refractivity contribution in [3.05, 3.63) is 77.3 Å². The first-order chi connectivity index (χ1) is 19.0. The molecule has 1 amide bonds. The molecule has 1 saturated heterocycles. The zero-order valence-electron chi connectivity index (χ0n) is 21.6. The van der Waals surface area contributed by atoms with Crippen LogP contribution in [0.1, 0.15) is 45.8 Å². The summed E-state index contributed by atoms with van der Waals surface area (Å²) in [4.78, 5) is 24.5. The summed E-state index contributed by atoms with van der Waals surface area (Å²) < 4.78 is 28.5. The molecule has 0 saturated carbocycles. The van der Waals surface area contributed by atoms with Crippen molar-refractivity contribution >= 4 is 34.2 Å². The average Bonchev–Trinajstić information content (AvgIpc) is 3.71. The van der Waals surface area contributed by atoms with Crippen LogP contribution in [0, 0.1) is 0 Å². The maximum absolute atomic E-state index is 15.4. The summed E-state index contributed by atoms with van der Waals surface area (Å²) in [6.45, 7) is 2.11. The fraction of sp³-hybridized carbons (Fsp3) is 0.276. The Labute approximate surface area is 223 Å². The zero-order chi connectivity index (χ0) is 26.7. The van der Waals surface area contributed by atoms with Crippen LogP contribution in [0.5, 0.6) is 0 Å². The number of carbonyl (C=O) groups is 1. The number of aromatic nitrogens is 3. The standard InChI is InChI=1S/C29H27FN6O3/c1-35(2)14-20-17(16-9-11-38-15-16)4-7-24(33-20)32-19-5-3-18(26-27(19)29(37)34-28(26)30)22-13-31-25-8-6-23-21(36(22)25)10-12-39-23/h3-8,10,12-13,16,28H,9,11,14-15H2,1-2H3,(H,32,33)(H,34,37)/t16-,28-/m1/s1. The lowest BCUT2D eigenvalue weighted by atomic mass is 9.96.